The maximum Gasteiger partial charge on any atom is 0.573 e. The maximum absolute atomic E-state index is 11.6. The van der Waals surface area contributed by atoms with Crippen LogP contribution in [-0.2, 0) is 0 Å². The smallest absolute Gasteiger partial charge is 0.406 e. The first kappa shape index (κ1) is 24.7. The molecule has 0 atom stereocenters. The monoisotopic (exact) mass is 503 g/mol. The standard InChI is InChI=1S/C16H19N5S.C8H5F3O2/c1-21-7-3-10(4-8-21)11-2-6-18-15-13(11)19-16(20-15)14-12(17)5-9-22-14;9-8(10,11)13-7-3-1-6(5-12)2-4-7/h2,5-6,9-10H,3-4,7-8,17H2,1H3,(H,18,19,20);1-5H. The number of H-pyrrole nitrogens is 1. The van der Waals surface area contributed by atoms with Crippen LogP contribution in [0.4, 0.5) is 18.9 Å². The van der Waals surface area contributed by atoms with E-state index in [1.807, 2.05) is 17.6 Å². The van der Waals surface area contributed by atoms with E-state index in [-0.39, 0.29) is 5.75 Å². The van der Waals surface area contributed by atoms with Gasteiger partial charge in [-0.1, -0.05) is 0 Å². The number of fused-ring (bicyclic) bond motifs is 1. The summed E-state index contributed by atoms with van der Waals surface area (Å²) in [4.78, 5) is 26.0. The Labute approximate surface area is 203 Å². The molecule has 1 saturated heterocycles. The molecule has 35 heavy (non-hydrogen) atoms. The van der Waals surface area contributed by atoms with Crippen LogP contribution in [0.15, 0.2) is 48.0 Å². The molecule has 0 spiro atoms. The number of benzene rings is 1. The van der Waals surface area contributed by atoms with E-state index in [4.69, 9.17) is 5.73 Å². The lowest BCUT2D eigenvalue weighted by Crippen LogP contribution is -2.29. The number of imidazole rings is 1. The maximum atomic E-state index is 11.6. The molecule has 0 bridgehead atoms. The summed E-state index contributed by atoms with van der Waals surface area (Å²) in [6.45, 7) is 2.29. The summed E-state index contributed by atoms with van der Waals surface area (Å²) in [7, 11) is 2.19. The Morgan fingerprint density at radius 3 is 2.49 bits per heavy atom. The Morgan fingerprint density at radius 1 is 1.17 bits per heavy atom. The van der Waals surface area contributed by atoms with Crippen LogP contribution in [0, 0.1) is 0 Å². The fourth-order valence-corrected chi connectivity index (χ4v) is 4.72. The second kappa shape index (κ2) is 10.4. The van der Waals surface area contributed by atoms with Crippen molar-refractivity contribution in [3.8, 4) is 16.5 Å². The molecule has 0 saturated carbocycles. The van der Waals surface area contributed by atoms with Gasteiger partial charge in [0.1, 0.15) is 12.0 Å². The minimum Gasteiger partial charge on any atom is -0.406 e. The quantitative estimate of drug-likeness (QED) is 0.358. The Morgan fingerprint density at radius 2 is 1.89 bits per heavy atom. The van der Waals surface area contributed by atoms with E-state index >= 15 is 0 Å². The molecule has 1 aliphatic heterocycles. The van der Waals surface area contributed by atoms with Crippen molar-refractivity contribution in [2.45, 2.75) is 25.1 Å². The van der Waals surface area contributed by atoms with Crippen LogP contribution >= 0.6 is 11.3 Å². The predicted molar refractivity (Wildman–Crippen MR) is 130 cm³/mol. The van der Waals surface area contributed by atoms with Gasteiger partial charge in [0.15, 0.2) is 11.5 Å². The SMILES string of the molecule is CN1CCC(c2ccnc3nc(-c4sccc4N)[nH]c23)CC1.O=Cc1ccc(OC(F)(F)F)cc1. The molecule has 1 aliphatic rings. The number of thiophene rings is 1. The van der Waals surface area contributed by atoms with E-state index < -0.39 is 6.36 Å². The van der Waals surface area contributed by atoms with Gasteiger partial charge in [0.2, 0.25) is 0 Å². The molecule has 184 valence electrons. The van der Waals surface area contributed by atoms with Gasteiger partial charge in [0, 0.05) is 11.8 Å². The highest BCUT2D eigenvalue weighted by atomic mass is 32.1. The molecule has 0 amide bonds. The molecule has 5 rings (SSSR count). The molecule has 4 aromatic rings. The first-order valence-electron chi connectivity index (χ1n) is 10.9. The Balaban J connectivity index is 0.000000191. The fraction of sp³-hybridized carbons (Fsp3) is 0.292. The van der Waals surface area contributed by atoms with Gasteiger partial charge in [-0.3, -0.25) is 4.79 Å². The first-order valence-corrected chi connectivity index (χ1v) is 11.8. The molecule has 0 unspecified atom stereocenters. The van der Waals surface area contributed by atoms with Gasteiger partial charge >= 0.3 is 6.36 Å². The number of likely N-dealkylation sites (tertiary alicyclic amines) is 1. The summed E-state index contributed by atoms with van der Waals surface area (Å²) in [6, 6.07) is 8.70. The lowest BCUT2D eigenvalue weighted by Gasteiger charge is -2.29. The van der Waals surface area contributed by atoms with Crippen LogP contribution in [0.5, 0.6) is 5.75 Å². The molecular weight excluding hydrogens is 479 g/mol. The zero-order chi connectivity index (χ0) is 25.0. The number of pyridine rings is 1. The van der Waals surface area contributed by atoms with Crippen LogP contribution in [0.3, 0.4) is 0 Å². The summed E-state index contributed by atoms with van der Waals surface area (Å²) in [5.41, 5.74) is 10.3. The van der Waals surface area contributed by atoms with E-state index in [0.717, 1.165) is 52.8 Å². The van der Waals surface area contributed by atoms with Crippen molar-refractivity contribution in [2.24, 2.45) is 0 Å². The normalized spacial score (nSPS) is 15.0. The number of carbonyl (C=O) groups excluding carboxylic acids is 1. The number of hydrogen-bond donors (Lipinski definition) is 2. The Hall–Kier alpha value is -3.44. The third-order valence-corrected chi connectivity index (χ3v) is 6.68. The van der Waals surface area contributed by atoms with E-state index in [1.165, 1.54) is 30.5 Å². The first-order chi connectivity index (χ1) is 16.7. The van der Waals surface area contributed by atoms with Gasteiger partial charge in [-0.25, -0.2) is 9.97 Å². The van der Waals surface area contributed by atoms with Gasteiger partial charge in [-0.2, -0.15) is 0 Å². The zero-order valence-electron chi connectivity index (χ0n) is 18.9. The summed E-state index contributed by atoms with van der Waals surface area (Å²) < 4.78 is 38.5. The molecule has 1 aromatic carbocycles. The third-order valence-electron chi connectivity index (χ3n) is 5.74. The number of anilines is 1. The highest BCUT2D eigenvalue weighted by Gasteiger charge is 2.31. The molecule has 0 radical (unpaired) electrons. The summed E-state index contributed by atoms with van der Waals surface area (Å²) >= 11 is 1.61. The highest BCUT2D eigenvalue weighted by molar-refractivity contribution is 7.14. The number of halogens is 3. The number of aromatic nitrogens is 3. The van der Waals surface area contributed by atoms with Crippen molar-refractivity contribution in [1.29, 1.82) is 0 Å². The molecule has 4 heterocycles. The summed E-state index contributed by atoms with van der Waals surface area (Å²) in [5, 5.41) is 1.99. The number of nitrogens with zero attached hydrogens (tertiary/aromatic N) is 3. The number of aldehydes is 1. The van der Waals surface area contributed by atoms with E-state index in [0.29, 0.717) is 17.8 Å². The number of ether oxygens (including phenoxy) is 1. The number of nitrogen functional groups attached to an aromatic ring is 1. The third kappa shape index (κ3) is 6.17. The van der Waals surface area contributed by atoms with Crippen LogP contribution < -0.4 is 10.5 Å². The largest absolute Gasteiger partial charge is 0.573 e. The number of rotatable bonds is 4. The summed E-state index contributed by atoms with van der Waals surface area (Å²) in [5.74, 6) is 1.07. The van der Waals surface area contributed by atoms with Crippen molar-refractivity contribution in [2.75, 3.05) is 25.9 Å². The highest BCUT2D eigenvalue weighted by Crippen LogP contribution is 2.35. The van der Waals surface area contributed by atoms with Crippen LogP contribution in [0.2, 0.25) is 0 Å². The minimum absolute atomic E-state index is 0.300. The number of nitrogens with one attached hydrogen (secondary N) is 1. The fourth-order valence-electron chi connectivity index (χ4n) is 3.96. The van der Waals surface area contributed by atoms with Gasteiger partial charge in [0.25, 0.3) is 0 Å². The number of aromatic amines is 1. The van der Waals surface area contributed by atoms with Crippen molar-refractivity contribution < 1.29 is 22.7 Å². The molecule has 0 aliphatic carbocycles. The van der Waals surface area contributed by atoms with Crippen molar-refractivity contribution >= 4 is 34.5 Å². The van der Waals surface area contributed by atoms with Gasteiger partial charge < -0.3 is 20.4 Å². The molecule has 3 N–H and O–H groups in total. The van der Waals surface area contributed by atoms with E-state index in [2.05, 4.69) is 37.7 Å². The van der Waals surface area contributed by atoms with Crippen LogP contribution in [-0.4, -0.2) is 52.6 Å². The van der Waals surface area contributed by atoms with Crippen LogP contribution in [0.25, 0.3) is 21.9 Å². The van der Waals surface area contributed by atoms with Gasteiger partial charge in [-0.05, 0) is 86.2 Å². The molecule has 11 heteroatoms. The molecule has 1 fully saturated rings. The number of carbonyl (C=O) groups is 1. The second-order valence-corrected chi connectivity index (χ2v) is 9.12. The second-order valence-electron chi connectivity index (χ2n) is 8.20. The predicted octanol–water partition coefficient (Wildman–Crippen LogP) is 5.48. The lowest BCUT2D eigenvalue weighted by molar-refractivity contribution is -0.274. The van der Waals surface area contributed by atoms with E-state index in [1.54, 1.807) is 11.3 Å². The summed E-state index contributed by atoms with van der Waals surface area (Å²) in [6.07, 6.45) is 0.0919. The Bertz CT molecular complexity index is 1280. The molecular formula is C24H24F3N5O2S. The molecule has 7 nitrogen and oxygen atoms in total. The van der Waals surface area contributed by atoms with Gasteiger partial charge in [-0.15, -0.1) is 24.5 Å². The molecule has 3 aromatic heterocycles. The average molecular weight is 504 g/mol. The zero-order valence-corrected chi connectivity index (χ0v) is 19.7. The average Bonchev–Trinajstić information content (AvgIpc) is 3.45. The van der Waals surface area contributed by atoms with Crippen molar-refractivity contribution in [3.05, 3.63) is 59.1 Å². The topological polar surface area (TPSA) is 97.1 Å². The number of hydrogen-bond acceptors (Lipinski definition) is 7. The lowest BCUT2D eigenvalue weighted by atomic mass is 9.89. The van der Waals surface area contributed by atoms with Crippen molar-refractivity contribution in [3.63, 3.8) is 0 Å². The van der Waals surface area contributed by atoms with Crippen LogP contribution in [0.1, 0.15) is 34.7 Å². The number of alkyl halides is 3. The van der Waals surface area contributed by atoms with E-state index in [9.17, 15) is 18.0 Å². The Kier molecular flexibility index (Phi) is 7.37. The van der Waals surface area contributed by atoms with Gasteiger partial charge in [0.05, 0.1) is 16.1 Å². The minimum atomic E-state index is -4.69. The number of nitrogens with two attached hydrogens (primary N) is 1. The number of piperidine rings is 1. The van der Waals surface area contributed by atoms with Crippen molar-refractivity contribution in [1.82, 2.24) is 19.9 Å².